The van der Waals surface area contributed by atoms with E-state index >= 15 is 0 Å². The van der Waals surface area contributed by atoms with Crippen LogP contribution < -0.4 is 5.63 Å². The van der Waals surface area contributed by atoms with Crippen LogP contribution in [0.15, 0.2) is 33.5 Å². The molecule has 0 saturated carbocycles. The predicted molar refractivity (Wildman–Crippen MR) is 47.2 cm³/mol. The van der Waals surface area contributed by atoms with E-state index in [-0.39, 0.29) is 12.2 Å². The van der Waals surface area contributed by atoms with E-state index < -0.39 is 0 Å². The van der Waals surface area contributed by atoms with Gasteiger partial charge < -0.3 is 9.52 Å². The fourth-order valence-electron chi connectivity index (χ4n) is 1.13. The molecule has 1 radical (unpaired) electrons. The molecule has 3 heteroatoms. The van der Waals surface area contributed by atoms with E-state index in [1.54, 1.807) is 18.2 Å². The Labute approximate surface area is 74.2 Å². The Balaban J connectivity index is 2.75. The lowest BCUT2D eigenvalue weighted by molar-refractivity contribution is 0.281. The van der Waals surface area contributed by atoms with Crippen molar-refractivity contribution in [3.8, 4) is 0 Å². The monoisotopic (exact) mass is 175 g/mol. The largest absolute Gasteiger partial charge is 0.423 e. The lowest BCUT2D eigenvalue weighted by atomic mass is 10.1. The highest BCUT2D eigenvalue weighted by molar-refractivity contribution is 5.76. The van der Waals surface area contributed by atoms with Crippen LogP contribution in [0.3, 0.4) is 0 Å². The van der Waals surface area contributed by atoms with Crippen molar-refractivity contribution < 1.29 is 9.52 Å². The fraction of sp³-hybridized carbons (Fsp3) is 0.100. The smallest absolute Gasteiger partial charge is 0.336 e. The van der Waals surface area contributed by atoms with E-state index in [0.29, 0.717) is 11.1 Å². The van der Waals surface area contributed by atoms with E-state index in [0.717, 1.165) is 5.39 Å². The van der Waals surface area contributed by atoms with Crippen molar-refractivity contribution in [2.45, 2.75) is 6.61 Å². The van der Waals surface area contributed by atoms with Crippen LogP contribution in [0.4, 0.5) is 0 Å². The van der Waals surface area contributed by atoms with E-state index in [1.165, 1.54) is 6.07 Å². The highest BCUT2D eigenvalue weighted by Crippen LogP contribution is 2.12. The lowest BCUT2D eigenvalue weighted by Crippen LogP contribution is -1.94. The molecular weight excluding hydrogens is 168 g/mol. The average Bonchev–Trinajstić information content (AvgIpc) is 2.16. The Bertz CT molecular complexity index is 485. The topological polar surface area (TPSA) is 50.4 Å². The second kappa shape index (κ2) is 3.03. The van der Waals surface area contributed by atoms with Gasteiger partial charge in [-0.15, -0.1) is 0 Å². The first kappa shape index (κ1) is 8.01. The average molecular weight is 175 g/mol. The summed E-state index contributed by atoms with van der Waals surface area (Å²) in [5.41, 5.74) is 0.708. The molecule has 0 aliphatic carbocycles. The SMILES string of the molecule is O=c1ccc2c[c]c(CO)cc2o1. The van der Waals surface area contributed by atoms with Gasteiger partial charge >= 0.3 is 5.63 Å². The van der Waals surface area contributed by atoms with Crippen molar-refractivity contribution in [1.82, 2.24) is 0 Å². The molecule has 1 heterocycles. The Kier molecular flexibility index (Phi) is 1.87. The molecule has 0 saturated heterocycles. The third-order valence-corrected chi connectivity index (χ3v) is 1.78. The van der Waals surface area contributed by atoms with Crippen LogP contribution in [0.1, 0.15) is 5.56 Å². The van der Waals surface area contributed by atoms with Gasteiger partial charge in [-0.2, -0.15) is 0 Å². The maximum Gasteiger partial charge on any atom is 0.336 e. The molecule has 0 aliphatic rings. The molecule has 1 aromatic carbocycles. The van der Waals surface area contributed by atoms with Crippen LogP contribution in [0.25, 0.3) is 11.0 Å². The Hall–Kier alpha value is -1.61. The van der Waals surface area contributed by atoms with Crippen LogP contribution in [0, 0.1) is 6.07 Å². The summed E-state index contributed by atoms with van der Waals surface area (Å²) in [5, 5.41) is 9.62. The maximum absolute atomic E-state index is 10.8. The molecular formula is C10H7O3. The van der Waals surface area contributed by atoms with Gasteiger partial charge in [0.25, 0.3) is 0 Å². The van der Waals surface area contributed by atoms with Crippen molar-refractivity contribution in [2.75, 3.05) is 0 Å². The summed E-state index contributed by atoms with van der Waals surface area (Å²) in [6.07, 6.45) is 0. The first-order valence-corrected chi connectivity index (χ1v) is 3.85. The summed E-state index contributed by atoms with van der Waals surface area (Å²) in [6, 6.07) is 9.18. The first-order valence-electron chi connectivity index (χ1n) is 3.85. The van der Waals surface area contributed by atoms with Crippen LogP contribution >= 0.6 is 0 Å². The van der Waals surface area contributed by atoms with Gasteiger partial charge in [0.15, 0.2) is 0 Å². The molecule has 1 aromatic heterocycles. The van der Waals surface area contributed by atoms with Crippen LogP contribution in [0.5, 0.6) is 0 Å². The molecule has 0 amide bonds. The highest BCUT2D eigenvalue weighted by atomic mass is 16.4. The quantitative estimate of drug-likeness (QED) is 0.660. The Morgan fingerprint density at radius 2 is 2.31 bits per heavy atom. The molecule has 3 nitrogen and oxygen atoms in total. The van der Waals surface area contributed by atoms with E-state index in [2.05, 4.69) is 6.07 Å². The zero-order valence-corrected chi connectivity index (χ0v) is 6.78. The van der Waals surface area contributed by atoms with E-state index in [9.17, 15) is 4.79 Å². The zero-order valence-electron chi connectivity index (χ0n) is 6.78. The minimum Gasteiger partial charge on any atom is -0.423 e. The number of hydrogen-bond acceptors (Lipinski definition) is 3. The van der Waals surface area contributed by atoms with Crippen molar-refractivity contribution >= 4 is 11.0 Å². The number of aliphatic hydroxyl groups is 1. The third kappa shape index (κ3) is 1.46. The van der Waals surface area contributed by atoms with Crippen molar-refractivity contribution in [3.05, 3.63) is 46.3 Å². The predicted octanol–water partition coefficient (Wildman–Crippen LogP) is 1.09. The molecule has 0 fully saturated rings. The number of hydrogen-bond donors (Lipinski definition) is 1. The summed E-state index contributed by atoms with van der Waals surface area (Å²) in [6.45, 7) is -0.103. The van der Waals surface area contributed by atoms with Gasteiger partial charge in [-0.1, -0.05) is 0 Å². The van der Waals surface area contributed by atoms with Gasteiger partial charge in [-0.25, -0.2) is 4.79 Å². The molecule has 0 atom stereocenters. The normalized spacial score (nSPS) is 10.5. The molecule has 0 aliphatic heterocycles. The summed E-state index contributed by atoms with van der Waals surface area (Å²) < 4.78 is 4.92. The highest BCUT2D eigenvalue weighted by Gasteiger charge is 1.98. The van der Waals surface area contributed by atoms with Gasteiger partial charge in [0, 0.05) is 11.5 Å². The van der Waals surface area contributed by atoms with Crippen molar-refractivity contribution in [2.24, 2.45) is 0 Å². The fourth-order valence-corrected chi connectivity index (χ4v) is 1.13. The van der Waals surface area contributed by atoms with Crippen LogP contribution in [-0.2, 0) is 6.61 Å². The van der Waals surface area contributed by atoms with Gasteiger partial charge in [-0.05, 0) is 29.8 Å². The zero-order chi connectivity index (χ0) is 9.26. The minimum atomic E-state index is -0.386. The lowest BCUT2D eigenvalue weighted by Gasteiger charge is -1.97. The summed E-state index contributed by atoms with van der Waals surface area (Å²) in [7, 11) is 0. The third-order valence-electron chi connectivity index (χ3n) is 1.78. The summed E-state index contributed by atoms with van der Waals surface area (Å²) in [5.74, 6) is 0. The second-order valence-electron chi connectivity index (χ2n) is 2.69. The van der Waals surface area contributed by atoms with Gasteiger partial charge in [0.2, 0.25) is 0 Å². The minimum absolute atomic E-state index is 0.103. The second-order valence-corrected chi connectivity index (χ2v) is 2.69. The van der Waals surface area contributed by atoms with Gasteiger partial charge in [-0.3, -0.25) is 0 Å². The number of benzene rings is 1. The summed E-state index contributed by atoms with van der Waals surface area (Å²) >= 11 is 0. The van der Waals surface area contributed by atoms with Gasteiger partial charge in [0.1, 0.15) is 5.58 Å². The van der Waals surface area contributed by atoms with E-state index in [1.807, 2.05) is 0 Å². The standard InChI is InChI=1S/C10H7O3/c11-6-7-1-2-8-3-4-10(12)13-9(8)5-7/h2-5,11H,6H2. The molecule has 2 rings (SSSR count). The molecule has 0 spiro atoms. The molecule has 0 unspecified atom stereocenters. The maximum atomic E-state index is 10.8. The Morgan fingerprint density at radius 1 is 1.46 bits per heavy atom. The Morgan fingerprint density at radius 3 is 3.08 bits per heavy atom. The van der Waals surface area contributed by atoms with Gasteiger partial charge in [0.05, 0.1) is 6.61 Å². The van der Waals surface area contributed by atoms with E-state index in [4.69, 9.17) is 9.52 Å². The molecule has 2 aromatic rings. The number of rotatable bonds is 1. The first-order chi connectivity index (χ1) is 6.29. The molecule has 0 bridgehead atoms. The summed E-state index contributed by atoms with van der Waals surface area (Å²) in [4.78, 5) is 10.8. The molecule has 1 N–H and O–H groups in total. The van der Waals surface area contributed by atoms with Crippen LogP contribution in [-0.4, -0.2) is 5.11 Å². The van der Waals surface area contributed by atoms with Crippen molar-refractivity contribution in [1.29, 1.82) is 0 Å². The molecule has 13 heavy (non-hydrogen) atoms. The number of fused-ring (bicyclic) bond motifs is 1. The van der Waals surface area contributed by atoms with Crippen molar-refractivity contribution in [3.63, 3.8) is 0 Å². The number of aliphatic hydroxyl groups excluding tert-OH is 1. The molecule has 65 valence electrons. The van der Waals surface area contributed by atoms with Crippen LogP contribution in [0.2, 0.25) is 0 Å².